The van der Waals surface area contributed by atoms with Gasteiger partial charge in [-0.05, 0) is 29.8 Å². The highest BCUT2D eigenvalue weighted by Crippen LogP contribution is 2.25. The first kappa shape index (κ1) is 13.9. The Balaban J connectivity index is 2.39. The monoisotopic (exact) mass is 299 g/mol. The molecule has 0 unspecified atom stereocenters. The van der Waals surface area contributed by atoms with E-state index < -0.39 is 11.8 Å². The molecule has 0 bridgehead atoms. The van der Waals surface area contributed by atoms with E-state index in [1.807, 2.05) is 0 Å². The summed E-state index contributed by atoms with van der Waals surface area (Å²) in [5, 5.41) is 8.78. The Kier molecular flexibility index (Phi) is 3.94. The molecule has 1 aromatic heterocycles. The Labute approximate surface area is 117 Å². The van der Waals surface area contributed by atoms with Crippen molar-refractivity contribution in [2.45, 2.75) is 0 Å². The van der Waals surface area contributed by atoms with Crippen LogP contribution in [0.5, 0.6) is 17.8 Å². The van der Waals surface area contributed by atoms with E-state index in [2.05, 4.69) is 15.0 Å². The minimum atomic E-state index is -1.35. The number of halogens is 2. The van der Waals surface area contributed by atoms with Crippen molar-refractivity contribution in [2.24, 2.45) is 0 Å². The van der Waals surface area contributed by atoms with Crippen LogP contribution in [0.25, 0.3) is 0 Å². The van der Waals surface area contributed by atoms with E-state index in [1.54, 1.807) is 0 Å². The lowest BCUT2D eigenvalue weighted by Gasteiger charge is -2.07. The minimum absolute atomic E-state index is 0.0982. The maximum absolute atomic E-state index is 13.0. The fourth-order valence-corrected chi connectivity index (χ4v) is 1.45. The largest absolute Gasteiger partial charge is 0.478 e. The second-order valence-corrected chi connectivity index (χ2v) is 3.76. The van der Waals surface area contributed by atoms with E-state index >= 15 is 0 Å². The van der Waals surface area contributed by atoms with Gasteiger partial charge >= 0.3 is 18.0 Å². The standard InChI is InChI=1S/C11H7ClFN3O4/c1-19-10-14-9(12)15-11(16-10)20-7-3-2-5(13)4-6(7)8(17)18/h2-4H,1H3,(H,17,18). The molecule has 2 aromatic rings. The zero-order valence-electron chi connectivity index (χ0n) is 10.0. The number of nitrogens with zero attached hydrogens (tertiary/aromatic N) is 3. The summed E-state index contributed by atoms with van der Waals surface area (Å²) in [7, 11) is 1.32. The normalized spacial score (nSPS) is 10.2. The molecule has 0 aliphatic rings. The molecule has 2 rings (SSSR count). The van der Waals surface area contributed by atoms with Gasteiger partial charge in [0.2, 0.25) is 5.28 Å². The summed E-state index contributed by atoms with van der Waals surface area (Å²) in [6.07, 6.45) is 0. The van der Waals surface area contributed by atoms with Crippen molar-refractivity contribution in [3.63, 3.8) is 0 Å². The molecule has 1 heterocycles. The molecule has 1 aromatic carbocycles. The predicted molar refractivity (Wildman–Crippen MR) is 64.8 cm³/mol. The summed E-state index contributed by atoms with van der Waals surface area (Å²) in [5.41, 5.74) is -0.375. The van der Waals surface area contributed by atoms with Crippen molar-refractivity contribution >= 4 is 17.6 Å². The van der Waals surface area contributed by atoms with Crippen LogP contribution in [-0.2, 0) is 0 Å². The van der Waals surface area contributed by atoms with E-state index in [0.717, 1.165) is 18.2 Å². The van der Waals surface area contributed by atoms with Crippen LogP contribution in [-0.4, -0.2) is 33.1 Å². The number of carboxylic acid groups (broad SMARTS) is 1. The Hall–Kier alpha value is -2.48. The number of methoxy groups -OCH3 is 1. The predicted octanol–water partition coefficient (Wildman–Crippen LogP) is 2.16. The number of benzene rings is 1. The highest BCUT2D eigenvalue weighted by molar-refractivity contribution is 6.28. The van der Waals surface area contributed by atoms with Gasteiger partial charge in [0.15, 0.2) is 0 Å². The van der Waals surface area contributed by atoms with E-state index in [9.17, 15) is 9.18 Å². The third-order valence-corrected chi connectivity index (χ3v) is 2.29. The second kappa shape index (κ2) is 5.66. The molecule has 0 saturated heterocycles. The number of carboxylic acids is 1. The van der Waals surface area contributed by atoms with Gasteiger partial charge in [-0.3, -0.25) is 0 Å². The van der Waals surface area contributed by atoms with Gasteiger partial charge in [-0.25, -0.2) is 9.18 Å². The summed E-state index contributed by atoms with van der Waals surface area (Å²) in [4.78, 5) is 22.0. The lowest BCUT2D eigenvalue weighted by atomic mass is 10.2. The Morgan fingerprint density at radius 2 is 2.00 bits per heavy atom. The number of hydrogen-bond acceptors (Lipinski definition) is 6. The zero-order chi connectivity index (χ0) is 14.7. The van der Waals surface area contributed by atoms with Crippen molar-refractivity contribution in [3.05, 3.63) is 34.9 Å². The number of carbonyl (C=O) groups is 1. The molecule has 0 atom stereocenters. The Morgan fingerprint density at radius 3 is 2.65 bits per heavy atom. The van der Waals surface area contributed by atoms with Crippen molar-refractivity contribution < 1.29 is 23.8 Å². The molecule has 1 N–H and O–H groups in total. The number of ether oxygens (including phenoxy) is 2. The lowest BCUT2D eigenvalue weighted by Crippen LogP contribution is -2.03. The van der Waals surface area contributed by atoms with Crippen molar-refractivity contribution in [1.82, 2.24) is 15.0 Å². The van der Waals surface area contributed by atoms with Gasteiger partial charge in [-0.2, -0.15) is 9.97 Å². The number of rotatable bonds is 4. The molecule has 7 nitrogen and oxygen atoms in total. The average molecular weight is 300 g/mol. The van der Waals surface area contributed by atoms with E-state index in [1.165, 1.54) is 7.11 Å². The molecule has 0 aliphatic heterocycles. The van der Waals surface area contributed by atoms with Crippen LogP contribution >= 0.6 is 11.6 Å². The van der Waals surface area contributed by atoms with Crippen LogP contribution in [0.3, 0.4) is 0 Å². The zero-order valence-corrected chi connectivity index (χ0v) is 10.8. The minimum Gasteiger partial charge on any atom is -0.478 e. The van der Waals surface area contributed by atoms with Gasteiger partial charge in [0, 0.05) is 0 Å². The van der Waals surface area contributed by atoms with Crippen LogP contribution in [0.15, 0.2) is 18.2 Å². The summed E-state index contributed by atoms with van der Waals surface area (Å²) >= 11 is 5.62. The van der Waals surface area contributed by atoms with Crippen LogP contribution < -0.4 is 9.47 Å². The highest BCUT2D eigenvalue weighted by atomic mass is 35.5. The summed E-state index contributed by atoms with van der Waals surface area (Å²) in [6, 6.07) is 2.64. The lowest BCUT2D eigenvalue weighted by molar-refractivity contribution is 0.0693. The fourth-order valence-electron chi connectivity index (χ4n) is 1.31. The molecule has 0 amide bonds. The number of aromatic nitrogens is 3. The van der Waals surface area contributed by atoms with Crippen molar-refractivity contribution in [2.75, 3.05) is 7.11 Å². The maximum Gasteiger partial charge on any atom is 0.339 e. The Morgan fingerprint density at radius 1 is 1.30 bits per heavy atom. The molecule has 0 radical (unpaired) electrons. The van der Waals surface area contributed by atoms with E-state index in [0.29, 0.717) is 0 Å². The fraction of sp³-hybridized carbons (Fsp3) is 0.0909. The van der Waals surface area contributed by atoms with Crippen LogP contribution in [0.1, 0.15) is 10.4 Å². The molecule has 0 aliphatic carbocycles. The third-order valence-electron chi connectivity index (χ3n) is 2.12. The smallest absolute Gasteiger partial charge is 0.339 e. The molecule has 0 spiro atoms. The molecule has 0 fully saturated rings. The van der Waals surface area contributed by atoms with Gasteiger partial charge in [0.25, 0.3) is 0 Å². The van der Waals surface area contributed by atoms with Gasteiger partial charge < -0.3 is 14.6 Å². The molecule has 104 valence electrons. The Bertz CT molecular complexity index is 668. The maximum atomic E-state index is 13.0. The number of hydrogen-bond donors (Lipinski definition) is 1. The average Bonchev–Trinajstić information content (AvgIpc) is 2.40. The van der Waals surface area contributed by atoms with E-state index in [-0.39, 0.29) is 28.6 Å². The van der Waals surface area contributed by atoms with Crippen molar-refractivity contribution in [1.29, 1.82) is 0 Å². The molecule has 20 heavy (non-hydrogen) atoms. The first-order chi connectivity index (χ1) is 9.49. The second-order valence-electron chi connectivity index (χ2n) is 3.42. The SMILES string of the molecule is COc1nc(Cl)nc(Oc2ccc(F)cc2C(=O)O)n1. The van der Waals surface area contributed by atoms with Crippen molar-refractivity contribution in [3.8, 4) is 17.8 Å². The van der Waals surface area contributed by atoms with Gasteiger partial charge in [0.1, 0.15) is 17.1 Å². The van der Waals surface area contributed by atoms with Crippen LogP contribution in [0.2, 0.25) is 5.28 Å². The van der Waals surface area contributed by atoms with Gasteiger partial charge in [-0.15, -0.1) is 4.98 Å². The molecule has 0 saturated carbocycles. The quantitative estimate of drug-likeness (QED) is 0.924. The summed E-state index contributed by atoms with van der Waals surface area (Å²) in [6.45, 7) is 0. The molecule has 9 heteroatoms. The topological polar surface area (TPSA) is 94.4 Å². The molecular formula is C11H7ClFN3O4. The first-order valence-corrected chi connectivity index (χ1v) is 5.53. The van der Waals surface area contributed by atoms with Gasteiger partial charge in [-0.1, -0.05) is 0 Å². The highest BCUT2D eigenvalue weighted by Gasteiger charge is 2.15. The summed E-state index contributed by atoms with van der Waals surface area (Å²) < 4.78 is 23.0. The first-order valence-electron chi connectivity index (χ1n) is 5.16. The van der Waals surface area contributed by atoms with E-state index in [4.69, 9.17) is 26.2 Å². The van der Waals surface area contributed by atoms with Gasteiger partial charge in [0.05, 0.1) is 7.11 Å². The summed E-state index contributed by atoms with van der Waals surface area (Å²) in [5.74, 6) is -2.20. The van der Waals surface area contributed by atoms with Crippen LogP contribution in [0, 0.1) is 5.82 Å². The molecular weight excluding hydrogens is 293 g/mol. The van der Waals surface area contributed by atoms with Crippen LogP contribution in [0.4, 0.5) is 4.39 Å². The number of aromatic carboxylic acids is 1. The third kappa shape index (κ3) is 3.09.